The monoisotopic (exact) mass is 463 g/mol. The van der Waals surface area contributed by atoms with Crippen molar-refractivity contribution in [2.24, 2.45) is 0 Å². The number of likely N-dealkylation sites (N-methyl/N-ethyl adjacent to an activating group) is 1. The third kappa shape index (κ3) is 4.61. The number of anilines is 1. The minimum atomic E-state index is -0.509. The first-order valence-corrected chi connectivity index (χ1v) is 11.7. The van der Waals surface area contributed by atoms with Gasteiger partial charge in [-0.25, -0.2) is 4.79 Å². The molecular formula is C25H25N3O4S. The van der Waals surface area contributed by atoms with Crippen molar-refractivity contribution in [1.82, 2.24) is 9.13 Å². The normalized spacial score (nSPS) is 11.0. The fourth-order valence-electron chi connectivity index (χ4n) is 3.84. The van der Waals surface area contributed by atoms with E-state index in [-0.39, 0.29) is 24.6 Å². The third-order valence-electron chi connectivity index (χ3n) is 5.37. The van der Waals surface area contributed by atoms with Crippen LogP contribution in [0.15, 0.2) is 75.6 Å². The maximum Gasteiger partial charge on any atom is 0.332 e. The molecule has 170 valence electrons. The molecule has 0 aliphatic rings. The first-order chi connectivity index (χ1) is 16.0. The summed E-state index contributed by atoms with van der Waals surface area (Å²) in [6, 6.07) is 18.4. The Kier molecular flexibility index (Phi) is 6.74. The Morgan fingerprint density at radius 2 is 1.79 bits per heavy atom. The molecule has 0 saturated carbocycles. The van der Waals surface area contributed by atoms with Crippen LogP contribution in [-0.4, -0.2) is 28.2 Å². The summed E-state index contributed by atoms with van der Waals surface area (Å²) in [4.78, 5) is 41.4. The average molecular weight is 464 g/mol. The van der Waals surface area contributed by atoms with Crippen molar-refractivity contribution < 1.29 is 9.53 Å². The number of rotatable bonds is 8. The lowest BCUT2D eigenvalue weighted by Crippen LogP contribution is -2.43. The molecule has 0 unspecified atom stereocenters. The highest BCUT2D eigenvalue weighted by Gasteiger charge is 2.20. The zero-order chi connectivity index (χ0) is 23.4. The second-order valence-electron chi connectivity index (χ2n) is 7.45. The lowest BCUT2D eigenvalue weighted by molar-refractivity contribution is -0.119. The average Bonchev–Trinajstić information content (AvgIpc) is 3.31. The first-order valence-electron chi connectivity index (χ1n) is 10.8. The van der Waals surface area contributed by atoms with Crippen LogP contribution in [0, 0.1) is 0 Å². The molecule has 7 nitrogen and oxygen atoms in total. The van der Waals surface area contributed by atoms with E-state index in [1.54, 1.807) is 16.3 Å². The van der Waals surface area contributed by atoms with E-state index < -0.39 is 5.69 Å². The number of hydrogen-bond acceptors (Lipinski definition) is 5. The number of aromatic nitrogens is 2. The van der Waals surface area contributed by atoms with Crippen LogP contribution in [0.3, 0.4) is 0 Å². The molecule has 0 fully saturated rings. The standard InChI is InChI=1S/C25H25N3O4S/c1-3-26(19-10-6-5-7-11-19)22(29)17-27-21-13-14-33-23(21)24(30)28(25(27)31)16-18-9-8-12-20(15-18)32-4-2/h5-15H,3-4,16-17H2,1-2H3. The molecule has 0 spiro atoms. The van der Waals surface area contributed by atoms with Crippen molar-refractivity contribution >= 4 is 33.1 Å². The van der Waals surface area contributed by atoms with Crippen molar-refractivity contribution in [3.8, 4) is 5.75 Å². The number of benzene rings is 2. The number of carbonyl (C=O) groups excluding carboxylic acids is 1. The van der Waals surface area contributed by atoms with E-state index in [2.05, 4.69) is 0 Å². The summed E-state index contributed by atoms with van der Waals surface area (Å²) >= 11 is 1.27. The topological polar surface area (TPSA) is 73.5 Å². The maximum absolute atomic E-state index is 13.4. The molecule has 4 rings (SSSR count). The quantitative estimate of drug-likeness (QED) is 0.399. The Bertz CT molecular complexity index is 1390. The van der Waals surface area contributed by atoms with Gasteiger partial charge in [0.25, 0.3) is 5.56 Å². The molecule has 0 atom stereocenters. The minimum absolute atomic E-state index is 0.0940. The van der Waals surface area contributed by atoms with Crippen LogP contribution in [0.5, 0.6) is 5.75 Å². The highest BCUT2D eigenvalue weighted by molar-refractivity contribution is 7.17. The van der Waals surface area contributed by atoms with Gasteiger partial charge in [-0.3, -0.25) is 18.7 Å². The summed E-state index contributed by atoms with van der Waals surface area (Å²) < 4.78 is 8.58. The number of ether oxygens (including phenoxy) is 1. The molecular weight excluding hydrogens is 438 g/mol. The van der Waals surface area contributed by atoms with Crippen molar-refractivity contribution in [3.63, 3.8) is 0 Å². The lowest BCUT2D eigenvalue weighted by atomic mass is 10.2. The van der Waals surface area contributed by atoms with E-state index in [0.717, 1.165) is 11.3 Å². The summed E-state index contributed by atoms with van der Waals surface area (Å²) in [6.45, 7) is 4.71. The number of para-hydroxylation sites is 1. The van der Waals surface area contributed by atoms with E-state index >= 15 is 0 Å². The van der Waals surface area contributed by atoms with E-state index in [1.165, 1.54) is 20.5 Å². The molecule has 8 heteroatoms. The number of nitrogens with zero attached hydrogens (tertiary/aromatic N) is 3. The van der Waals surface area contributed by atoms with Crippen molar-refractivity contribution in [2.45, 2.75) is 26.9 Å². The van der Waals surface area contributed by atoms with Gasteiger partial charge >= 0.3 is 5.69 Å². The summed E-state index contributed by atoms with van der Waals surface area (Å²) in [5, 5.41) is 1.77. The van der Waals surface area contributed by atoms with Crippen molar-refractivity contribution in [2.75, 3.05) is 18.1 Å². The lowest BCUT2D eigenvalue weighted by Gasteiger charge is -2.22. The largest absolute Gasteiger partial charge is 0.494 e. The fraction of sp³-hybridized carbons (Fsp3) is 0.240. The molecule has 0 bridgehead atoms. The van der Waals surface area contributed by atoms with Crippen LogP contribution in [0.4, 0.5) is 5.69 Å². The molecule has 0 saturated heterocycles. The molecule has 0 radical (unpaired) electrons. The zero-order valence-electron chi connectivity index (χ0n) is 18.6. The molecule has 2 heterocycles. The predicted molar refractivity (Wildman–Crippen MR) is 132 cm³/mol. The van der Waals surface area contributed by atoms with Gasteiger partial charge in [0.05, 0.1) is 18.7 Å². The van der Waals surface area contributed by atoms with Crippen LogP contribution in [-0.2, 0) is 17.9 Å². The Labute approximate surface area is 195 Å². The Morgan fingerprint density at radius 3 is 2.52 bits per heavy atom. The van der Waals surface area contributed by atoms with Gasteiger partial charge in [-0.05, 0) is 55.1 Å². The van der Waals surface area contributed by atoms with Crippen LogP contribution in [0.2, 0.25) is 0 Å². The minimum Gasteiger partial charge on any atom is -0.494 e. The maximum atomic E-state index is 13.4. The van der Waals surface area contributed by atoms with Gasteiger partial charge < -0.3 is 9.64 Å². The van der Waals surface area contributed by atoms with Crippen LogP contribution in [0.25, 0.3) is 10.2 Å². The molecule has 33 heavy (non-hydrogen) atoms. The molecule has 0 aliphatic carbocycles. The van der Waals surface area contributed by atoms with Gasteiger partial charge in [-0.2, -0.15) is 0 Å². The molecule has 0 aliphatic heterocycles. The van der Waals surface area contributed by atoms with Gasteiger partial charge in [0.1, 0.15) is 17.0 Å². The van der Waals surface area contributed by atoms with Gasteiger partial charge in [0.2, 0.25) is 5.91 Å². The van der Waals surface area contributed by atoms with Crippen molar-refractivity contribution in [1.29, 1.82) is 0 Å². The van der Waals surface area contributed by atoms with E-state index in [1.807, 2.05) is 68.4 Å². The fourth-order valence-corrected chi connectivity index (χ4v) is 4.68. The summed E-state index contributed by atoms with van der Waals surface area (Å²) in [5.74, 6) is 0.457. The second kappa shape index (κ2) is 9.87. The first kappa shape index (κ1) is 22.5. The Hall–Kier alpha value is -3.65. The highest BCUT2D eigenvalue weighted by Crippen LogP contribution is 2.18. The van der Waals surface area contributed by atoms with Gasteiger partial charge in [0, 0.05) is 12.2 Å². The summed E-state index contributed by atoms with van der Waals surface area (Å²) in [6.07, 6.45) is 0. The van der Waals surface area contributed by atoms with Gasteiger partial charge in [-0.1, -0.05) is 30.3 Å². The summed E-state index contributed by atoms with van der Waals surface area (Å²) in [7, 11) is 0. The third-order valence-corrected chi connectivity index (χ3v) is 6.26. The Balaban J connectivity index is 1.74. The number of fused-ring (bicyclic) bond motifs is 1. The smallest absolute Gasteiger partial charge is 0.332 e. The Morgan fingerprint density at radius 1 is 1.00 bits per heavy atom. The molecule has 2 aromatic carbocycles. The second-order valence-corrected chi connectivity index (χ2v) is 8.37. The van der Waals surface area contributed by atoms with E-state index in [9.17, 15) is 14.4 Å². The van der Waals surface area contributed by atoms with Gasteiger partial charge in [-0.15, -0.1) is 11.3 Å². The molecule has 0 N–H and O–H groups in total. The van der Waals surface area contributed by atoms with Crippen molar-refractivity contribution in [3.05, 3.63) is 92.4 Å². The highest BCUT2D eigenvalue weighted by atomic mass is 32.1. The van der Waals surface area contributed by atoms with Crippen LogP contribution >= 0.6 is 11.3 Å². The number of thiophene rings is 1. The molecule has 2 aromatic heterocycles. The predicted octanol–water partition coefficient (Wildman–Crippen LogP) is 3.72. The number of hydrogen-bond donors (Lipinski definition) is 0. The van der Waals surface area contributed by atoms with E-state index in [0.29, 0.717) is 29.1 Å². The molecule has 1 amide bonds. The van der Waals surface area contributed by atoms with Gasteiger partial charge in [0.15, 0.2) is 0 Å². The summed E-state index contributed by atoms with van der Waals surface area (Å²) in [5.41, 5.74) is 1.15. The number of amides is 1. The molecule has 4 aromatic rings. The van der Waals surface area contributed by atoms with E-state index in [4.69, 9.17) is 4.74 Å². The zero-order valence-corrected chi connectivity index (χ0v) is 19.4. The van der Waals surface area contributed by atoms with Crippen LogP contribution < -0.4 is 20.9 Å². The number of carbonyl (C=O) groups is 1. The van der Waals surface area contributed by atoms with Crippen LogP contribution in [0.1, 0.15) is 19.4 Å². The SMILES string of the molecule is CCOc1cccc(Cn2c(=O)c3sccc3n(CC(=O)N(CC)c3ccccc3)c2=O)c1.